The van der Waals surface area contributed by atoms with E-state index in [4.69, 9.17) is 0 Å². The predicted molar refractivity (Wildman–Crippen MR) is 280 cm³/mol. The lowest BCUT2D eigenvalue weighted by atomic mass is 9.93. The number of Topliss-reactive ketones (excluding diaryl/α,β-unsaturated/α-hetero) is 3. The molecule has 0 radical (unpaired) electrons. The number of hydrogen-bond donors (Lipinski definition) is 0. The number of hydrogen-bond acceptors (Lipinski definition) is 4. The molecule has 0 N–H and O–H groups in total. The highest BCUT2D eigenvalue weighted by atomic mass is 19.4. The Bertz CT molecular complexity index is 3590. The first-order valence-corrected chi connectivity index (χ1v) is 28.4. The molecular weight excluding hydrogens is 1600 g/mol. The van der Waals surface area contributed by atoms with E-state index < -0.39 is 272 Å². The third-order valence-corrected chi connectivity index (χ3v) is 12.8. The Kier molecular flexibility index (Phi) is 32.4. The zero-order valence-corrected chi connectivity index (χ0v) is 52.5. The van der Waals surface area contributed by atoms with E-state index in [1.165, 1.54) is 0 Å². The van der Waals surface area contributed by atoms with Crippen molar-refractivity contribution in [3.8, 4) is 0 Å². The molecular formula is C60H45F43O4. The van der Waals surface area contributed by atoms with Crippen LogP contribution in [0.15, 0.2) is 60.7 Å². The fraction of sp³-hybridized carbons (Fsp3) is 0.533. The van der Waals surface area contributed by atoms with Crippen LogP contribution in [-0.4, -0.2) is 113 Å². The quantitative estimate of drug-likeness (QED) is 0.0211. The highest BCUT2D eigenvalue weighted by Crippen LogP contribution is 2.50. The Balaban J connectivity index is 0.000000757. The SMILES string of the molecule is CC(F)(F)CC(F)(F)CC(F)(F)CC(F)(F)CC(=O)CC(F)(F)CC(F)(F)CC(F)(F)CC(F)(F)C(F)(F)F.O=C(CC(F)(F)CC(F)(F)CC(F)(F)CC(F)(F)CC(F)(F)F)c1c(F)c(F)c(F)c(F)c1F.O=C(CCCC(F)(F)F)c1ccccc1.O=C(c1ccc(F)c(F)c1F)c1c(F)cccc1F. The van der Waals surface area contributed by atoms with Gasteiger partial charge in [-0.3, -0.25) is 19.2 Å². The first kappa shape index (κ1) is 97.6. The Hall–Kier alpha value is -7.45. The normalized spacial score (nSPS) is 13.6. The van der Waals surface area contributed by atoms with Crippen LogP contribution in [-0.2, 0) is 4.79 Å². The van der Waals surface area contributed by atoms with E-state index in [9.17, 15) is 208 Å². The third kappa shape index (κ3) is 34.8. The average molecular weight is 1650 g/mol. The molecule has 0 fully saturated rings. The van der Waals surface area contributed by atoms with E-state index in [1.54, 1.807) is 30.3 Å². The minimum atomic E-state index is -6.62. The van der Waals surface area contributed by atoms with Gasteiger partial charge >= 0.3 is 24.5 Å². The zero-order chi connectivity index (χ0) is 84.3. The second-order valence-electron chi connectivity index (χ2n) is 23.6. The van der Waals surface area contributed by atoms with Crippen molar-refractivity contribution in [1.82, 2.24) is 0 Å². The molecule has 0 spiro atoms. The van der Waals surface area contributed by atoms with Crippen molar-refractivity contribution in [2.24, 2.45) is 0 Å². The van der Waals surface area contributed by atoms with Gasteiger partial charge in [-0.15, -0.1) is 0 Å². The summed E-state index contributed by atoms with van der Waals surface area (Å²) in [7, 11) is 0. The lowest BCUT2D eigenvalue weighted by Crippen LogP contribution is -2.44. The van der Waals surface area contributed by atoms with E-state index in [-0.39, 0.29) is 25.5 Å². The number of halogens is 43. The topological polar surface area (TPSA) is 68.3 Å². The largest absolute Gasteiger partial charge is 0.453 e. The fourth-order valence-corrected chi connectivity index (χ4v) is 9.03. The smallest absolute Gasteiger partial charge is 0.299 e. The summed E-state index contributed by atoms with van der Waals surface area (Å²) in [6.45, 7) is -0.102. The van der Waals surface area contributed by atoms with E-state index in [2.05, 4.69) is 0 Å². The maximum absolute atomic E-state index is 13.8. The number of rotatable bonds is 32. The van der Waals surface area contributed by atoms with E-state index in [1.807, 2.05) is 0 Å². The lowest BCUT2D eigenvalue weighted by molar-refractivity contribution is -0.304. The Morgan fingerprint density at radius 2 is 0.645 bits per heavy atom. The second-order valence-corrected chi connectivity index (χ2v) is 23.6. The van der Waals surface area contributed by atoms with Gasteiger partial charge in [0.1, 0.15) is 23.8 Å². The van der Waals surface area contributed by atoms with Crippen molar-refractivity contribution in [2.45, 2.75) is 199 Å². The molecule has 0 aliphatic carbocycles. The Morgan fingerprint density at radius 1 is 0.299 bits per heavy atom. The maximum Gasteiger partial charge on any atom is 0.453 e. The summed E-state index contributed by atoms with van der Waals surface area (Å²) >= 11 is 0. The fourth-order valence-electron chi connectivity index (χ4n) is 9.03. The Morgan fingerprint density at radius 3 is 1.01 bits per heavy atom. The standard InChI is InChI=1S/C19H19F19O.C17H10F16O.C13H5F5O.C11H11F3O/c1-11(20,21)4-14(26,27)7-15(28,29)5-12(22,23)2-10(39)3-13(24,25)6-16(30,31)8-17(32,33)9-18(34,35)19(36,37)38;18-8-7(9(19)11(21)12(22)10(8)20)6(34)1-13(23,24)2-14(25,26)3-15(27,28)4-16(29,30)5-17(31,32)33;14-7-2-1-3-8(15)10(7)13(19)6-4-5-9(16)12(18)11(6)17;12-11(13,14)8-4-7-10(15)9-5-2-1-3-6-9/h2-9H2,1H3;1-5H2;1-5H;1-3,5-6H,4,7-8H2. The summed E-state index contributed by atoms with van der Waals surface area (Å²) in [5.74, 6) is -91.3. The van der Waals surface area contributed by atoms with Crippen LogP contribution in [0.1, 0.15) is 146 Å². The molecule has 0 aromatic heterocycles. The number of alkyl halides is 33. The summed E-state index contributed by atoms with van der Waals surface area (Å²) in [6.07, 6.45) is -56.4. The van der Waals surface area contributed by atoms with Crippen molar-refractivity contribution in [1.29, 1.82) is 0 Å². The highest BCUT2D eigenvalue weighted by Gasteiger charge is 2.64. The van der Waals surface area contributed by atoms with Gasteiger partial charge in [0.25, 0.3) is 65.1 Å². The van der Waals surface area contributed by atoms with Gasteiger partial charge in [-0.2, -0.15) is 48.3 Å². The first-order chi connectivity index (χ1) is 47.4. The van der Waals surface area contributed by atoms with Crippen LogP contribution in [0.5, 0.6) is 0 Å². The predicted octanol–water partition coefficient (Wildman–Crippen LogP) is 24.2. The molecule has 4 rings (SSSR count). The highest BCUT2D eigenvalue weighted by molar-refractivity contribution is 6.09. The van der Waals surface area contributed by atoms with Crippen molar-refractivity contribution >= 4 is 23.1 Å². The summed E-state index contributed by atoms with van der Waals surface area (Å²) in [6, 6.07) is 12.1. The molecule has 0 aliphatic rings. The summed E-state index contributed by atoms with van der Waals surface area (Å²) in [4.78, 5) is 46.2. The van der Waals surface area contributed by atoms with Gasteiger partial charge in [-0.05, 0) is 37.6 Å². The minimum absolute atomic E-state index is 0.0521. The van der Waals surface area contributed by atoms with Crippen molar-refractivity contribution < 1.29 is 208 Å². The Labute approximate surface area is 571 Å². The second kappa shape index (κ2) is 35.5. The van der Waals surface area contributed by atoms with Crippen LogP contribution < -0.4 is 0 Å². The molecule has 0 unspecified atom stereocenters. The van der Waals surface area contributed by atoms with Crippen molar-refractivity contribution in [2.75, 3.05) is 0 Å². The molecule has 107 heavy (non-hydrogen) atoms. The molecule has 610 valence electrons. The number of benzene rings is 4. The van der Waals surface area contributed by atoms with Gasteiger partial charge in [0.15, 0.2) is 52.3 Å². The van der Waals surface area contributed by atoms with Crippen molar-refractivity contribution in [3.63, 3.8) is 0 Å². The number of carbonyl (C=O) groups is 4. The molecule has 0 atom stereocenters. The van der Waals surface area contributed by atoms with Crippen LogP contribution in [0, 0.1) is 58.2 Å². The van der Waals surface area contributed by atoms with Gasteiger partial charge in [-0.1, -0.05) is 36.4 Å². The monoisotopic (exact) mass is 1650 g/mol. The molecule has 0 saturated heterocycles. The van der Waals surface area contributed by atoms with E-state index in [0.29, 0.717) is 17.7 Å². The van der Waals surface area contributed by atoms with Crippen LogP contribution in [0.25, 0.3) is 0 Å². The molecule has 0 heterocycles. The molecule has 4 nitrogen and oxygen atoms in total. The third-order valence-electron chi connectivity index (χ3n) is 12.8. The van der Waals surface area contributed by atoms with Crippen molar-refractivity contribution in [3.05, 3.63) is 141 Å². The minimum Gasteiger partial charge on any atom is -0.299 e. The van der Waals surface area contributed by atoms with Crippen LogP contribution >= 0.6 is 0 Å². The number of ketones is 4. The summed E-state index contributed by atoms with van der Waals surface area (Å²) in [5, 5.41) is 0. The first-order valence-electron chi connectivity index (χ1n) is 28.4. The molecule has 0 bridgehead atoms. The average Bonchev–Trinajstić information content (AvgIpc) is 0.793. The van der Waals surface area contributed by atoms with Crippen LogP contribution in [0.3, 0.4) is 0 Å². The van der Waals surface area contributed by atoms with Gasteiger partial charge in [-0.25, -0.2) is 140 Å². The summed E-state index contributed by atoms with van der Waals surface area (Å²) in [5.41, 5.74) is -3.92. The molecule has 47 heteroatoms. The molecule has 4 aromatic rings. The van der Waals surface area contributed by atoms with Gasteiger partial charge in [0, 0.05) is 18.4 Å². The molecule has 0 aliphatic heterocycles. The summed E-state index contributed by atoms with van der Waals surface area (Å²) < 4.78 is 560. The van der Waals surface area contributed by atoms with Crippen LogP contribution in [0.2, 0.25) is 0 Å². The van der Waals surface area contributed by atoms with E-state index >= 15 is 0 Å². The molecule has 0 saturated carbocycles. The lowest BCUT2D eigenvalue weighted by Gasteiger charge is -2.29. The van der Waals surface area contributed by atoms with Gasteiger partial charge in [0.05, 0.1) is 93.7 Å². The van der Waals surface area contributed by atoms with Gasteiger partial charge < -0.3 is 0 Å². The van der Waals surface area contributed by atoms with Crippen LogP contribution in [0.4, 0.5) is 189 Å². The molecule has 0 amide bonds. The maximum atomic E-state index is 13.8. The van der Waals surface area contributed by atoms with Gasteiger partial charge in [0.2, 0.25) is 11.6 Å². The zero-order valence-electron chi connectivity index (χ0n) is 52.5. The number of carbonyl (C=O) groups excluding carboxylic acids is 4. The van der Waals surface area contributed by atoms with E-state index in [0.717, 1.165) is 18.2 Å². The molecule has 4 aromatic carbocycles.